The van der Waals surface area contributed by atoms with E-state index in [1.165, 1.54) is 0 Å². The van der Waals surface area contributed by atoms with E-state index in [1.807, 2.05) is 29.9 Å². The molecule has 0 atom stereocenters. The van der Waals surface area contributed by atoms with E-state index in [-0.39, 0.29) is 5.91 Å². The highest BCUT2D eigenvalue weighted by atomic mass is 32.1. The fraction of sp³-hybridized carbons (Fsp3) is 0.391. The molecule has 0 aliphatic carbocycles. The number of nitrogens with zero attached hydrogens (tertiary/aromatic N) is 4. The average molecular weight is 483 g/mol. The van der Waals surface area contributed by atoms with Crippen molar-refractivity contribution in [3.05, 3.63) is 40.6 Å². The number of rotatable bonds is 8. The van der Waals surface area contributed by atoms with Crippen molar-refractivity contribution in [1.82, 2.24) is 30.2 Å². The molecule has 3 aromatic heterocycles. The quantitative estimate of drug-likeness (QED) is 0.399. The maximum absolute atomic E-state index is 12.4. The Morgan fingerprint density at radius 1 is 1.24 bits per heavy atom. The first-order valence-corrected chi connectivity index (χ1v) is 12.8. The van der Waals surface area contributed by atoms with Crippen molar-refractivity contribution in [1.29, 1.82) is 0 Å². The van der Waals surface area contributed by atoms with Crippen molar-refractivity contribution in [3.63, 3.8) is 0 Å². The lowest BCUT2D eigenvalue weighted by atomic mass is 10.1. The van der Waals surface area contributed by atoms with Crippen LogP contribution in [-0.4, -0.2) is 70.1 Å². The smallest absolute Gasteiger partial charge is 0.220 e. The summed E-state index contributed by atoms with van der Waals surface area (Å²) >= 11 is 3.21. The SMILES string of the molecule is Cc1csc(-c2[nH]c(CCC(=O)NCCN3CCOCC3)nc2-c2ccc3ncsc3c2)n1. The first-order valence-electron chi connectivity index (χ1n) is 11.1. The Morgan fingerprint density at radius 3 is 2.94 bits per heavy atom. The van der Waals surface area contributed by atoms with Gasteiger partial charge in [-0.1, -0.05) is 6.07 Å². The molecule has 1 aliphatic heterocycles. The fourth-order valence-electron chi connectivity index (χ4n) is 3.87. The number of hydrogen-bond donors (Lipinski definition) is 2. The van der Waals surface area contributed by atoms with Crippen LogP contribution in [0, 0.1) is 6.92 Å². The van der Waals surface area contributed by atoms with E-state index >= 15 is 0 Å². The van der Waals surface area contributed by atoms with Crippen LogP contribution in [0.15, 0.2) is 29.1 Å². The Morgan fingerprint density at radius 2 is 2.12 bits per heavy atom. The number of thiazole rings is 2. The number of morpholine rings is 1. The van der Waals surface area contributed by atoms with Crippen LogP contribution in [0.3, 0.4) is 0 Å². The molecule has 8 nitrogen and oxygen atoms in total. The summed E-state index contributed by atoms with van der Waals surface area (Å²) in [5.74, 6) is 0.833. The molecule has 0 bridgehead atoms. The Hall–Kier alpha value is -2.66. The molecule has 172 valence electrons. The second kappa shape index (κ2) is 10.1. The van der Waals surface area contributed by atoms with Crippen LogP contribution in [0.25, 0.3) is 32.2 Å². The zero-order valence-electron chi connectivity index (χ0n) is 18.5. The summed E-state index contributed by atoms with van der Waals surface area (Å²) in [6.07, 6.45) is 0.934. The van der Waals surface area contributed by atoms with Gasteiger partial charge in [0.05, 0.1) is 34.6 Å². The normalized spacial score (nSPS) is 14.7. The Balaban J connectivity index is 1.28. The highest BCUT2D eigenvalue weighted by molar-refractivity contribution is 7.16. The van der Waals surface area contributed by atoms with E-state index in [2.05, 4.69) is 31.2 Å². The predicted molar refractivity (Wildman–Crippen MR) is 132 cm³/mol. The Labute approximate surface area is 200 Å². The number of nitrogens with one attached hydrogen (secondary N) is 2. The number of hydrogen-bond acceptors (Lipinski definition) is 8. The van der Waals surface area contributed by atoms with E-state index in [0.717, 1.165) is 76.5 Å². The number of aromatic amines is 1. The second-order valence-corrected chi connectivity index (χ2v) is 9.78. The zero-order chi connectivity index (χ0) is 22.6. The van der Waals surface area contributed by atoms with Crippen molar-refractivity contribution in [3.8, 4) is 22.0 Å². The maximum Gasteiger partial charge on any atom is 0.220 e. The van der Waals surface area contributed by atoms with Gasteiger partial charge in [0.15, 0.2) is 0 Å². The number of benzene rings is 1. The molecule has 4 heterocycles. The van der Waals surface area contributed by atoms with E-state index in [1.54, 1.807) is 22.7 Å². The van der Waals surface area contributed by atoms with Gasteiger partial charge in [0.1, 0.15) is 16.5 Å². The topological polar surface area (TPSA) is 96.0 Å². The van der Waals surface area contributed by atoms with Crippen molar-refractivity contribution >= 4 is 38.8 Å². The lowest BCUT2D eigenvalue weighted by Crippen LogP contribution is -2.41. The highest BCUT2D eigenvalue weighted by Gasteiger charge is 2.18. The minimum Gasteiger partial charge on any atom is -0.379 e. The third-order valence-electron chi connectivity index (χ3n) is 5.63. The predicted octanol–water partition coefficient (Wildman–Crippen LogP) is 3.50. The summed E-state index contributed by atoms with van der Waals surface area (Å²) in [5, 5.41) is 5.97. The molecule has 0 spiro atoms. The van der Waals surface area contributed by atoms with Crippen LogP contribution < -0.4 is 5.32 Å². The number of carbonyl (C=O) groups is 1. The number of aromatic nitrogens is 4. The number of H-pyrrole nitrogens is 1. The molecule has 10 heteroatoms. The maximum atomic E-state index is 12.4. The van der Waals surface area contributed by atoms with Crippen LogP contribution in [0.2, 0.25) is 0 Å². The van der Waals surface area contributed by atoms with E-state index in [0.29, 0.717) is 19.4 Å². The molecule has 1 saturated heterocycles. The summed E-state index contributed by atoms with van der Waals surface area (Å²) in [6, 6.07) is 6.19. The summed E-state index contributed by atoms with van der Waals surface area (Å²) in [7, 11) is 0. The third kappa shape index (κ3) is 5.30. The molecule has 1 aliphatic rings. The van der Waals surface area contributed by atoms with Gasteiger partial charge in [-0.25, -0.2) is 15.0 Å². The fourth-order valence-corrected chi connectivity index (χ4v) is 5.39. The molecular weight excluding hydrogens is 456 g/mol. The molecule has 1 aromatic carbocycles. The largest absolute Gasteiger partial charge is 0.379 e. The molecule has 1 fully saturated rings. The van der Waals surface area contributed by atoms with Gasteiger partial charge in [0.2, 0.25) is 5.91 Å². The van der Waals surface area contributed by atoms with Gasteiger partial charge < -0.3 is 15.0 Å². The van der Waals surface area contributed by atoms with Crippen molar-refractivity contribution < 1.29 is 9.53 Å². The summed E-state index contributed by atoms with van der Waals surface area (Å²) in [5.41, 5.74) is 6.61. The number of amides is 1. The van der Waals surface area contributed by atoms with Crippen LogP contribution in [0.5, 0.6) is 0 Å². The Kier molecular flexibility index (Phi) is 6.77. The monoisotopic (exact) mass is 482 g/mol. The van der Waals surface area contributed by atoms with E-state index in [9.17, 15) is 4.79 Å². The zero-order valence-corrected chi connectivity index (χ0v) is 20.1. The van der Waals surface area contributed by atoms with Gasteiger partial charge in [0, 0.05) is 55.7 Å². The summed E-state index contributed by atoms with van der Waals surface area (Å²) < 4.78 is 6.49. The third-order valence-corrected chi connectivity index (χ3v) is 7.40. The van der Waals surface area contributed by atoms with Gasteiger partial charge in [-0.05, 0) is 19.1 Å². The van der Waals surface area contributed by atoms with Crippen molar-refractivity contribution in [2.24, 2.45) is 0 Å². The minimum absolute atomic E-state index is 0.0407. The molecular formula is C23H26N6O2S2. The lowest BCUT2D eigenvalue weighted by molar-refractivity contribution is -0.121. The van der Waals surface area contributed by atoms with Crippen LogP contribution in [0.4, 0.5) is 0 Å². The van der Waals surface area contributed by atoms with Crippen LogP contribution in [-0.2, 0) is 16.0 Å². The van der Waals surface area contributed by atoms with Gasteiger partial charge in [0.25, 0.3) is 0 Å². The number of imidazole rings is 1. The van der Waals surface area contributed by atoms with Crippen LogP contribution >= 0.6 is 22.7 Å². The molecule has 4 aromatic rings. The van der Waals surface area contributed by atoms with E-state index in [4.69, 9.17) is 9.72 Å². The number of aryl methyl sites for hydroxylation is 2. The molecule has 1 amide bonds. The summed E-state index contributed by atoms with van der Waals surface area (Å²) in [6.45, 7) is 6.89. The molecule has 5 rings (SSSR count). The van der Waals surface area contributed by atoms with Gasteiger partial charge in [-0.15, -0.1) is 22.7 Å². The summed E-state index contributed by atoms with van der Waals surface area (Å²) in [4.78, 5) is 32.1. The van der Waals surface area contributed by atoms with Crippen molar-refractivity contribution in [2.75, 3.05) is 39.4 Å². The van der Waals surface area contributed by atoms with Gasteiger partial charge >= 0.3 is 0 Å². The number of carbonyl (C=O) groups excluding carboxylic acids is 1. The first-order chi connectivity index (χ1) is 16.2. The number of fused-ring (bicyclic) bond motifs is 1. The first kappa shape index (κ1) is 22.1. The number of ether oxygens (including phenoxy) is 1. The molecule has 33 heavy (non-hydrogen) atoms. The standard InChI is InChI=1S/C23H26N6O2S2/c1-15-13-32-23(26-15)22-21(16-2-3-17-18(12-16)33-14-25-17)27-19(28-22)4-5-20(30)24-6-7-29-8-10-31-11-9-29/h2-3,12-14H,4-11H2,1H3,(H,24,30)(H,27,28). The van der Waals surface area contributed by atoms with Crippen molar-refractivity contribution in [2.45, 2.75) is 19.8 Å². The minimum atomic E-state index is 0.0407. The van der Waals surface area contributed by atoms with Crippen LogP contribution in [0.1, 0.15) is 17.9 Å². The van der Waals surface area contributed by atoms with Gasteiger partial charge in [-0.3, -0.25) is 9.69 Å². The molecule has 0 radical (unpaired) electrons. The second-order valence-electron chi connectivity index (χ2n) is 8.04. The van der Waals surface area contributed by atoms with E-state index < -0.39 is 0 Å². The molecule has 2 N–H and O–H groups in total. The highest BCUT2D eigenvalue weighted by Crippen LogP contribution is 2.34. The average Bonchev–Trinajstić information content (AvgIpc) is 3.57. The Bertz CT molecular complexity index is 1240. The molecule has 0 unspecified atom stereocenters. The lowest BCUT2D eigenvalue weighted by Gasteiger charge is -2.26. The van der Waals surface area contributed by atoms with Gasteiger partial charge in [-0.2, -0.15) is 0 Å². The molecule has 0 saturated carbocycles.